The fraction of sp³-hybridized carbons (Fsp3) is 0.467. The first-order chi connectivity index (χ1) is 10.9. The third-order valence-corrected chi connectivity index (χ3v) is 3.86. The molecule has 1 saturated heterocycles. The van der Waals surface area contributed by atoms with Crippen LogP contribution in [0.1, 0.15) is 23.2 Å². The third-order valence-electron chi connectivity index (χ3n) is 3.58. The van der Waals surface area contributed by atoms with Gasteiger partial charge in [-0.3, -0.25) is 9.59 Å². The minimum absolute atomic E-state index is 0.0109. The molecule has 1 aliphatic rings. The molecule has 8 heteroatoms. The van der Waals surface area contributed by atoms with Crippen LogP contribution in [0, 0.1) is 0 Å². The Balaban J connectivity index is 2.24. The monoisotopic (exact) mass is 341 g/mol. The number of rotatable bonds is 5. The van der Waals surface area contributed by atoms with Gasteiger partial charge in [0.25, 0.3) is 11.8 Å². The molecule has 1 aliphatic heterocycles. The lowest BCUT2D eigenvalue weighted by molar-refractivity contribution is -0.119. The topological polar surface area (TPSA) is 108 Å². The summed E-state index contributed by atoms with van der Waals surface area (Å²) >= 11 is 6.16. The maximum atomic E-state index is 12.6. The van der Waals surface area contributed by atoms with Crippen molar-refractivity contribution in [1.29, 1.82) is 0 Å². The Morgan fingerprint density at radius 2 is 2.17 bits per heavy atom. The molecule has 4 N–H and O–H groups in total. The summed E-state index contributed by atoms with van der Waals surface area (Å²) < 4.78 is 10.4. The van der Waals surface area contributed by atoms with E-state index in [4.69, 9.17) is 32.5 Å². The second-order valence-electron chi connectivity index (χ2n) is 5.40. The summed E-state index contributed by atoms with van der Waals surface area (Å²) in [6.07, 6.45) is 1.78. The fourth-order valence-electron chi connectivity index (χ4n) is 2.50. The van der Waals surface area contributed by atoms with E-state index in [1.807, 2.05) is 0 Å². The molecule has 1 aromatic rings. The van der Waals surface area contributed by atoms with Gasteiger partial charge in [-0.15, -0.1) is 0 Å². The highest BCUT2D eigenvalue weighted by atomic mass is 35.5. The van der Waals surface area contributed by atoms with Crippen LogP contribution in [0.4, 0.5) is 0 Å². The smallest absolute Gasteiger partial charge is 0.255 e. The lowest BCUT2D eigenvalue weighted by atomic mass is 10.1. The number of halogens is 1. The Hall–Kier alpha value is -1.99. The van der Waals surface area contributed by atoms with Gasteiger partial charge in [0.1, 0.15) is 0 Å². The number of piperidine rings is 1. The minimum Gasteiger partial charge on any atom is -0.493 e. The number of primary amides is 1. The van der Waals surface area contributed by atoms with Crippen molar-refractivity contribution in [3.05, 3.63) is 22.7 Å². The predicted octanol–water partition coefficient (Wildman–Crippen LogP) is 0.776. The highest BCUT2D eigenvalue weighted by Crippen LogP contribution is 2.36. The third kappa shape index (κ3) is 4.27. The van der Waals surface area contributed by atoms with Crippen molar-refractivity contribution in [3.63, 3.8) is 0 Å². The van der Waals surface area contributed by atoms with E-state index < -0.39 is 5.91 Å². The quantitative estimate of drug-likeness (QED) is 0.822. The molecule has 23 heavy (non-hydrogen) atoms. The van der Waals surface area contributed by atoms with Gasteiger partial charge in [0.2, 0.25) is 0 Å². The van der Waals surface area contributed by atoms with Crippen LogP contribution in [0.5, 0.6) is 11.5 Å². The highest BCUT2D eigenvalue weighted by Gasteiger charge is 2.24. The summed E-state index contributed by atoms with van der Waals surface area (Å²) in [5.41, 5.74) is 11.3. The van der Waals surface area contributed by atoms with Crippen molar-refractivity contribution >= 4 is 23.4 Å². The van der Waals surface area contributed by atoms with Crippen LogP contribution in [-0.4, -0.2) is 49.6 Å². The SMILES string of the molecule is COc1cc(C(=O)N2CCC[C@H](N)C2)cc(Cl)c1OCC(N)=O. The number of hydrogen-bond acceptors (Lipinski definition) is 5. The van der Waals surface area contributed by atoms with Crippen LogP contribution in [0.3, 0.4) is 0 Å². The highest BCUT2D eigenvalue weighted by molar-refractivity contribution is 6.32. The number of carbonyl (C=O) groups is 2. The second-order valence-corrected chi connectivity index (χ2v) is 5.81. The Morgan fingerprint density at radius 3 is 2.78 bits per heavy atom. The van der Waals surface area contributed by atoms with Crippen molar-refractivity contribution < 1.29 is 19.1 Å². The molecule has 2 amide bonds. The van der Waals surface area contributed by atoms with E-state index in [-0.39, 0.29) is 35.1 Å². The van der Waals surface area contributed by atoms with E-state index in [0.717, 1.165) is 12.8 Å². The van der Waals surface area contributed by atoms with Gasteiger partial charge in [0, 0.05) is 24.7 Å². The zero-order valence-corrected chi connectivity index (χ0v) is 13.6. The lowest BCUT2D eigenvalue weighted by Crippen LogP contribution is -2.45. The number of likely N-dealkylation sites (tertiary alicyclic amines) is 1. The van der Waals surface area contributed by atoms with Gasteiger partial charge < -0.3 is 25.8 Å². The molecule has 0 aliphatic carbocycles. The minimum atomic E-state index is -0.634. The normalized spacial score (nSPS) is 17.7. The van der Waals surface area contributed by atoms with Crippen molar-refractivity contribution in [2.24, 2.45) is 11.5 Å². The predicted molar refractivity (Wildman–Crippen MR) is 85.8 cm³/mol. The average Bonchev–Trinajstić information content (AvgIpc) is 2.52. The molecule has 0 saturated carbocycles. The Labute approximate surface area is 139 Å². The van der Waals surface area contributed by atoms with Gasteiger partial charge in [0.15, 0.2) is 18.1 Å². The van der Waals surface area contributed by atoms with Crippen molar-refractivity contribution in [2.45, 2.75) is 18.9 Å². The molecule has 1 aromatic carbocycles. The summed E-state index contributed by atoms with van der Waals surface area (Å²) in [5, 5.41) is 0.176. The first kappa shape index (κ1) is 17.4. The van der Waals surface area contributed by atoms with E-state index in [1.54, 1.807) is 4.90 Å². The molecule has 1 atom stereocenters. The van der Waals surface area contributed by atoms with Gasteiger partial charge in [-0.25, -0.2) is 0 Å². The number of carbonyl (C=O) groups excluding carboxylic acids is 2. The molecular formula is C15H20ClN3O4. The standard InChI is InChI=1S/C15H20ClN3O4/c1-22-12-6-9(5-11(16)14(12)23-8-13(18)20)15(21)19-4-2-3-10(17)7-19/h5-6,10H,2-4,7-8,17H2,1H3,(H2,18,20)/t10-/m0/s1. The van der Waals surface area contributed by atoms with Gasteiger partial charge in [0.05, 0.1) is 12.1 Å². The maximum absolute atomic E-state index is 12.6. The molecular weight excluding hydrogens is 322 g/mol. The fourth-order valence-corrected chi connectivity index (χ4v) is 2.77. The first-order valence-corrected chi connectivity index (χ1v) is 7.63. The van der Waals surface area contributed by atoms with E-state index in [2.05, 4.69) is 0 Å². The van der Waals surface area contributed by atoms with Crippen molar-refractivity contribution in [1.82, 2.24) is 4.90 Å². The Kier molecular flexibility index (Phi) is 5.68. The van der Waals surface area contributed by atoms with Crippen molar-refractivity contribution in [2.75, 3.05) is 26.8 Å². The maximum Gasteiger partial charge on any atom is 0.255 e. The van der Waals surface area contributed by atoms with Crippen LogP contribution < -0.4 is 20.9 Å². The van der Waals surface area contributed by atoms with E-state index in [9.17, 15) is 9.59 Å². The van der Waals surface area contributed by atoms with Gasteiger partial charge in [-0.05, 0) is 25.0 Å². The number of hydrogen-bond donors (Lipinski definition) is 2. The van der Waals surface area contributed by atoms with Gasteiger partial charge >= 0.3 is 0 Å². The van der Waals surface area contributed by atoms with E-state index in [1.165, 1.54) is 19.2 Å². The largest absolute Gasteiger partial charge is 0.493 e. The number of nitrogens with two attached hydrogens (primary N) is 2. The lowest BCUT2D eigenvalue weighted by Gasteiger charge is -2.31. The molecule has 1 fully saturated rings. The number of ether oxygens (including phenoxy) is 2. The average molecular weight is 342 g/mol. The molecule has 0 radical (unpaired) electrons. The molecule has 0 spiro atoms. The summed E-state index contributed by atoms with van der Waals surface area (Å²) in [6.45, 7) is 0.843. The summed E-state index contributed by atoms with van der Waals surface area (Å²) in [7, 11) is 1.42. The van der Waals surface area contributed by atoms with Crippen LogP contribution in [0.25, 0.3) is 0 Å². The molecule has 0 bridgehead atoms. The molecule has 7 nitrogen and oxygen atoms in total. The number of benzene rings is 1. The Bertz CT molecular complexity index is 609. The van der Waals surface area contributed by atoms with Crippen LogP contribution in [-0.2, 0) is 4.79 Å². The molecule has 2 rings (SSSR count). The van der Waals surface area contributed by atoms with Crippen LogP contribution in [0.15, 0.2) is 12.1 Å². The zero-order valence-electron chi connectivity index (χ0n) is 12.9. The zero-order chi connectivity index (χ0) is 17.0. The van der Waals surface area contributed by atoms with Crippen LogP contribution >= 0.6 is 11.6 Å². The number of amides is 2. The van der Waals surface area contributed by atoms with Gasteiger partial charge in [-0.1, -0.05) is 11.6 Å². The van der Waals surface area contributed by atoms with E-state index >= 15 is 0 Å². The molecule has 126 valence electrons. The number of nitrogens with zero attached hydrogens (tertiary/aromatic N) is 1. The Morgan fingerprint density at radius 1 is 1.43 bits per heavy atom. The first-order valence-electron chi connectivity index (χ1n) is 7.26. The summed E-state index contributed by atoms with van der Waals surface area (Å²) in [5.74, 6) is -0.351. The molecule has 0 unspecified atom stereocenters. The summed E-state index contributed by atoms with van der Waals surface area (Å²) in [4.78, 5) is 25.1. The van der Waals surface area contributed by atoms with Gasteiger partial charge in [-0.2, -0.15) is 0 Å². The summed E-state index contributed by atoms with van der Waals surface area (Å²) in [6, 6.07) is 3.01. The second kappa shape index (κ2) is 7.52. The van der Waals surface area contributed by atoms with E-state index in [0.29, 0.717) is 18.7 Å². The molecule has 0 aromatic heterocycles. The van der Waals surface area contributed by atoms with Crippen LogP contribution in [0.2, 0.25) is 5.02 Å². The van der Waals surface area contributed by atoms with Crippen molar-refractivity contribution in [3.8, 4) is 11.5 Å². The molecule has 1 heterocycles. The number of methoxy groups -OCH3 is 1.